The fraction of sp³-hybridized carbons (Fsp3) is 0.368. The number of pyridine rings is 1. The van der Waals surface area contributed by atoms with E-state index in [0.29, 0.717) is 5.11 Å². The Balaban J connectivity index is 1.76. The van der Waals surface area contributed by atoms with Crippen molar-refractivity contribution < 1.29 is 4.74 Å². The SMILES string of the molecule is Cc1ccc(NC(=S)N[C@H]2CC(C)(C)Oc3cc(C)ccc32)nc1. The zero-order chi connectivity index (χ0) is 17.3. The number of fused-ring (bicyclic) bond motifs is 1. The van der Waals surface area contributed by atoms with Crippen LogP contribution in [0.5, 0.6) is 5.75 Å². The first-order chi connectivity index (χ1) is 11.3. The van der Waals surface area contributed by atoms with Crippen LogP contribution in [0.25, 0.3) is 0 Å². The highest BCUT2D eigenvalue weighted by molar-refractivity contribution is 7.80. The van der Waals surface area contributed by atoms with Crippen molar-refractivity contribution >= 4 is 23.1 Å². The van der Waals surface area contributed by atoms with E-state index in [2.05, 4.69) is 54.6 Å². The van der Waals surface area contributed by atoms with Crippen LogP contribution < -0.4 is 15.4 Å². The van der Waals surface area contributed by atoms with Gasteiger partial charge in [0, 0.05) is 18.2 Å². The summed E-state index contributed by atoms with van der Waals surface area (Å²) >= 11 is 5.48. The van der Waals surface area contributed by atoms with Gasteiger partial charge in [-0.1, -0.05) is 18.2 Å². The zero-order valence-corrected chi connectivity index (χ0v) is 15.3. The first-order valence-electron chi connectivity index (χ1n) is 8.12. The minimum absolute atomic E-state index is 0.106. The maximum atomic E-state index is 6.13. The van der Waals surface area contributed by atoms with Gasteiger partial charge in [-0.15, -0.1) is 0 Å². The van der Waals surface area contributed by atoms with E-state index in [1.165, 1.54) is 5.56 Å². The van der Waals surface area contributed by atoms with Crippen LogP contribution in [0.4, 0.5) is 5.82 Å². The van der Waals surface area contributed by atoms with Crippen LogP contribution in [0, 0.1) is 13.8 Å². The van der Waals surface area contributed by atoms with E-state index in [-0.39, 0.29) is 11.6 Å². The van der Waals surface area contributed by atoms with E-state index in [0.717, 1.165) is 29.1 Å². The van der Waals surface area contributed by atoms with Crippen LogP contribution in [0.15, 0.2) is 36.5 Å². The molecule has 126 valence electrons. The highest BCUT2D eigenvalue weighted by Gasteiger charge is 2.34. The standard InChI is InChI=1S/C19H23N3OS/c1-12-5-7-14-15(10-19(3,4)23-16(14)9-12)21-18(24)22-17-8-6-13(2)11-20-17/h5-9,11,15H,10H2,1-4H3,(H2,20,21,22,24)/t15-/m0/s1. The maximum Gasteiger partial charge on any atom is 0.172 e. The van der Waals surface area contributed by atoms with Crippen LogP contribution in [0.3, 0.4) is 0 Å². The molecule has 3 rings (SSSR count). The summed E-state index contributed by atoms with van der Waals surface area (Å²) in [7, 11) is 0. The first kappa shape index (κ1) is 16.7. The number of benzene rings is 1. The van der Waals surface area contributed by atoms with Gasteiger partial charge in [0.15, 0.2) is 5.11 Å². The summed E-state index contributed by atoms with van der Waals surface area (Å²) in [5.74, 6) is 1.67. The third kappa shape index (κ3) is 3.85. The van der Waals surface area contributed by atoms with Crippen molar-refractivity contribution in [2.24, 2.45) is 0 Å². The summed E-state index contributed by atoms with van der Waals surface area (Å²) in [6.45, 7) is 8.29. The average molecular weight is 341 g/mol. The largest absolute Gasteiger partial charge is 0.487 e. The van der Waals surface area contributed by atoms with Gasteiger partial charge >= 0.3 is 0 Å². The fourth-order valence-electron chi connectivity index (χ4n) is 2.94. The number of thiocarbonyl (C=S) groups is 1. The molecule has 2 heterocycles. The zero-order valence-electron chi connectivity index (χ0n) is 14.5. The second kappa shape index (κ2) is 6.40. The summed E-state index contributed by atoms with van der Waals surface area (Å²) in [4.78, 5) is 4.33. The Hall–Kier alpha value is -2.14. The molecular formula is C19H23N3OS. The Labute approximate surface area is 148 Å². The van der Waals surface area contributed by atoms with E-state index in [4.69, 9.17) is 17.0 Å². The first-order valence-corrected chi connectivity index (χ1v) is 8.53. The van der Waals surface area contributed by atoms with E-state index < -0.39 is 0 Å². The lowest BCUT2D eigenvalue weighted by Gasteiger charge is -2.38. The topological polar surface area (TPSA) is 46.2 Å². The number of ether oxygens (including phenoxy) is 1. The third-order valence-electron chi connectivity index (χ3n) is 4.08. The molecule has 1 aliphatic rings. The van der Waals surface area contributed by atoms with Gasteiger partial charge in [0.1, 0.15) is 17.2 Å². The Morgan fingerprint density at radius 1 is 1.21 bits per heavy atom. The Bertz CT molecular complexity index is 756. The molecule has 0 amide bonds. The van der Waals surface area contributed by atoms with Gasteiger partial charge in [-0.2, -0.15) is 0 Å². The van der Waals surface area contributed by atoms with Crippen LogP contribution >= 0.6 is 12.2 Å². The summed E-state index contributed by atoms with van der Waals surface area (Å²) in [6, 6.07) is 10.3. The van der Waals surface area contributed by atoms with Crippen LogP contribution in [-0.4, -0.2) is 15.7 Å². The Morgan fingerprint density at radius 3 is 2.67 bits per heavy atom. The number of aromatic nitrogens is 1. The normalized spacial score (nSPS) is 18.2. The van der Waals surface area contributed by atoms with Crippen molar-refractivity contribution in [3.63, 3.8) is 0 Å². The lowest BCUT2D eigenvalue weighted by molar-refractivity contribution is 0.0696. The number of aryl methyl sites for hydroxylation is 2. The molecule has 1 atom stereocenters. The number of nitrogens with one attached hydrogen (secondary N) is 2. The van der Waals surface area contributed by atoms with Crippen LogP contribution in [0.1, 0.15) is 43.0 Å². The molecule has 1 aromatic heterocycles. The average Bonchev–Trinajstić information content (AvgIpc) is 2.48. The fourth-order valence-corrected chi connectivity index (χ4v) is 3.19. The van der Waals surface area contributed by atoms with Gasteiger partial charge < -0.3 is 15.4 Å². The minimum Gasteiger partial charge on any atom is -0.487 e. The third-order valence-corrected chi connectivity index (χ3v) is 4.30. The quantitative estimate of drug-likeness (QED) is 0.798. The van der Waals surface area contributed by atoms with Crippen molar-refractivity contribution in [1.29, 1.82) is 0 Å². The number of rotatable bonds is 2. The summed E-state index contributed by atoms with van der Waals surface area (Å²) in [5, 5.41) is 7.14. The number of nitrogens with zero attached hydrogens (tertiary/aromatic N) is 1. The highest BCUT2D eigenvalue weighted by Crippen LogP contribution is 2.39. The van der Waals surface area contributed by atoms with Gasteiger partial charge in [-0.05, 0) is 63.2 Å². The molecule has 0 unspecified atom stereocenters. The molecular weight excluding hydrogens is 318 g/mol. The van der Waals surface area contributed by atoms with E-state index in [1.54, 1.807) is 0 Å². The van der Waals surface area contributed by atoms with E-state index in [9.17, 15) is 0 Å². The number of anilines is 1. The lowest BCUT2D eigenvalue weighted by atomic mass is 9.89. The molecule has 0 aliphatic carbocycles. The molecule has 24 heavy (non-hydrogen) atoms. The summed E-state index contributed by atoms with van der Waals surface area (Å²) in [5.41, 5.74) is 3.21. The summed E-state index contributed by atoms with van der Waals surface area (Å²) in [6.07, 6.45) is 2.66. The van der Waals surface area contributed by atoms with Gasteiger partial charge in [0.25, 0.3) is 0 Å². The Morgan fingerprint density at radius 2 is 1.96 bits per heavy atom. The molecule has 5 heteroatoms. The molecule has 4 nitrogen and oxygen atoms in total. The van der Waals surface area contributed by atoms with E-state index >= 15 is 0 Å². The highest BCUT2D eigenvalue weighted by atomic mass is 32.1. The van der Waals surface area contributed by atoms with Gasteiger partial charge in [0.05, 0.1) is 6.04 Å². The van der Waals surface area contributed by atoms with Gasteiger partial charge in [-0.3, -0.25) is 0 Å². The Kier molecular flexibility index (Phi) is 4.45. The van der Waals surface area contributed by atoms with Crippen LogP contribution in [0.2, 0.25) is 0 Å². The monoisotopic (exact) mass is 341 g/mol. The molecule has 2 N–H and O–H groups in total. The molecule has 0 radical (unpaired) electrons. The van der Waals surface area contributed by atoms with Crippen molar-refractivity contribution in [3.05, 3.63) is 53.2 Å². The van der Waals surface area contributed by atoms with Crippen LogP contribution in [-0.2, 0) is 0 Å². The summed E-state index contributed by atoms with van der Waals surface area (Å²) < 4.78 is 6.13. The van der Waals surface area contributed by atoms with Crippen molar-refractivity contribution in [1.82, 2.24) is 10.3 Å². The second-order valence-electron chi connectivity index (χ2n) is 6.98. The molecule has 1 aliphatic heterocycles. The molecule has 2 aromatic rings. The number of hydrogen-bond donors (Lipinski definition) is 2. The molecule has 0 saturated carbocycles. The smallest absolute Gasteiger partial charge is 0.172 e. The van der Waals surface area contributed by atoms with Crippen molar-refractivity contribution in [3.8, 4) is 5.75 Å². The van der Waals surface area contributed by atoms with E-state index in [1.807, 2.05) is 25.3 Å². The van der Waals surface area contributed by atoms with Crippen molar-refractivity contribution in [2.75, 3.05) is 5.32 Å². The number of hydrogen-bond acceptors (Lipinski definition) is 3. The molecule has 0 bridgehead atoms. The van der Waals surface area contributed by atoms with Crippen molar-refractivity contribution in [2.45, 2.75) is 45.8 Å². The minimum atomic E-state index is -0.240. The van der Waals surface area contributed by atoms with Gasteiger partial charge in [0.2, 0.25) is 0 Å². The van der Waals surface area contributed by atoms with Gasteiger partial charge in [-0.25, -0.2) is 4.98 Å². The molecule has 1 aromatic carbocycles. The maximum absolute atomic E-state index is 6.13. The molecule has 0 spiro atoms. The second-order valence-corrected chi connectivity index (χ2v) is 7.39. The molecule has 0 saturated heterocycles. The predicted molar refractivity (Wildman–Crippen MR) is 102 cm³/mol. The lowest BCUT2D eigenvalue weighted by Crippen LogP contribution is -2.42. The predicted octanol–water partition coefficient (Wildman–Crippen LogP) is 4.29. The molecule has 0 fully saturated rings.